The maximum atomic E-state index is 12.7. The van der Waals surface area contributed by atoms with E-state index < -0.39 is 8.80 Å². The number of nitrogens with two attached hydrogens (primary N) is 1. The molecule has 5 rings (SSSR count). The number of pyridine rings is 1. The maximum absolute atomic E-state index is 12.7. The number of hydrogen-bond acceptors (Lipinski definition) is 6. The average molecular weight is 623 g/mol. The van der Waals surface area contributed by atoms with Crippen molar-refractivity contribution in [1.29, 1.82) is 0 Å². The van der Waals surface area contributed by atoms with Crippen LogP contribution in [0.15, 0.2) is 121 Å². The quantitative estimate of drug-likeness (QED) is 0.157. The van der Waals surface area contributed by atoms with Gasteiger partial charge in [-0.2, -0.15) is 0 Å². The number of carbonyl (C=O) groups is 1. The molecule has 1 unspecified atom stereocenters. The standard InChI is InChI=1S/C20H22N4O2S.C16H20Si/c21-18-10-13(6-7-22-18)11-23-16-8-14(12-25)9-17(26)19(16)20(27)24-15-4-2-1-3-5-15;1-16(2,3)17(14-10-6-4-7-11-14)15-12-8-5-9-13-15/h1-7,10,14,23,25H,8-9,11-12H2,(H2,21,22)(H,24,27);4-13,17H,1-3H3. The third-order valence-electron chi connectivity index (χ3n) is 7.55. The van der Waals surface area contributed by atoms with Crippen molar-refractivity contribution in [2.45, 2.75) is 45.2 Å². The highest BCUT2D eigenvalue weighted by Crippen LogP contribution is 2.28. The Morgan fingerprint density at radius 2 is 1.50 bits per heavy atom. The highest BCUT2D eigenvalue weighted by Gasteiger charge is 2.30. The van der Waals surface area contributed by atoms with Crippen LogP contribution in [-0.2, 0) is 11.3 Å². The van der Waals surface area contributed by atoms with E-state index in [1.54, 1.807) is 12.3 Å². The number of nitrogens with one attached hydrogen (secondary N) is 2. The minimum absolute atomic E-state index is 0.0364. The van der Waals surface area contributed by atoms with Gasteiger partial charge in [0.15, 0.2) is 5.78 Å². The summed E-state index contributed by atoms with van der Waals surface area (Å²) in [5.74, 6) is 0.272. The van der Waals surface area contributed by atoms with Crippen LogP contribution in [0.4, 0.5) is 11.5 Å². The maximum Gasteiger partial charge on any atom is 0.167 e. The first-order valence-corrected chi connectivity index (χ1v) is 17.1. The zero-order chi connectivity index (χ0) is 31.5. The zero-order valence-corrected chi connectivity index (χ0v) is 27.6. The number of thiocarbonyl (C=S) groups is 1. The molecule has 0 bridgehead atoms. The first-order chi connectivity index (χ1) is 21.2. The number of nitrogens with zero attached hydrogens (tertiary/aromatic N) is 1. The molecule has 0 fully saturated rings. The summed E-state index contributed by atoms with van der Waals surface area (Å²) in [7, 11) is -1.14. The molecule has 8 heteroatoms. The van der Waals surface area contributed by atoms with Gasteiger partial charge in [-0.1, -0.05) is 122 Å². The van der Waals surface area contributed by atoms with Crippen LogP contribution in [0.5, 0.6) is 0 Å². The summed E-state index contributed by atoms with van der Waals surface area (Å²) in [6.45, 7) is 7.55. The minimum Gasteiger partial charge on any atom is -0.396 e. The van der Waals surface area contributed by atoms with E-state index in [1.807, 2.05) is 36.4 Å². The minimum atomic E-state index is -1.14. The Bertz CT molecular complexity index is 1520. The van der Waals surface area contributed by atoms with Gasteiger partial charge < -0.3 is 21.5 Å². The zero-order valence-electron chi connectivity index (χ0n) is 25.7. The molecule has 1 aliphatic rings. The highest BCUT2D eigenvalue weighted by molar-refractivity contribution is 7.81. The summed E-state index contributed by atoms with van der Waals surface area (Å²) in [5.41, 5.74) is 8.74. The van der Waals surface area contributed by atoms with Crippen molar-refractivity contribution in [3.05, 3.63) is 126 Å². The molecule has 0 aliphatic heterocycles. The molecule has 6 nitrogen and oxygen atoms in total. The molecule has 0 saturated carbocycles. The third-order valence-corrected chi connectivity index (χ3v) is 11.7. The predicted molar refractivity (Wildman–Crippen MR) is 189 cm³/mol. The SMILES string of the molecule is CC(C)(C)[SiH](c1ccccc1)c1ccccc1.Nc1cc(CNC2=C(C(=S)Nc3ccccc3)C(=O)CC(CO)C2)ccn1. The fourth-order valence-electron chi connectivity index (χ4n) is 5.56. The number of anilines is 2. The lowest BCUT2D eigenvalue weighted by molar-refractivity contribution is -0.116. The number of carbonyl (C=O) groups excluding carboxylic acids is 1. The molecule has 0 spiro atoms. The van der Waals surface area contributed by atoms with Crippen LogP contribution in [0.2, 0.25) is 5.04 Å². The normalized spacial score (nSPS) is 14.9. The average Bonchev–Trinajstić information content (AvgIpc) is 3.01. The number of nitrogen functional groups attached to an aromatic ring is 1. The lowest BCUT2D eigenvalue weighted by atomic mass is 9.86. The van der Waals surface area contributed by atoms with E-state index in [-0.39, 0.29) is 24.7 Å². The van der Waals surface area contributed by atoms with Gasteiger partial charge in [-0.15, -0.1) is 0 Å². The Morgan fingerprint density at radius 1 is 0.932 bits per heavy atom. The van der Waals surface area contributed by atoms with Crippen molar-refractivity contribution < 1.29 is 9.90 Å². The number of para-hydroxylation sites is 1. The van der Waals surface area contributed by atoms with Crippen molar-refractivity contribution in [2.24, 2.45) is 5.92 Å². The summed E-state index contributed by atoms with van der Waals surface area (Å²) < 4.78 is 0. The first kappa shape index (κ1) is 32.8. The molecule has 1 aromatic heterocycles. The van der Waals surface area contributed by atoms with Gasteiger partial charge in [0, 0.05) is 37.2 Å². The molecule has 0 amide bonds. The van der Waals surface area contributed by atoms with Crippen molar-refractivity contribution in [1.82, 2.24) is 10.3 Å². The van der Waals surface area contributed by atoms with E-state index in [0.29, 0.717) is 34.4 Å². The topological polar surface area (TPSA) is 100 Å². The smallest absolute Gasteiger partial charge is 0.167 e. The molecule has 228 valence electrons. The third kappa shape index (κ3) is 9.19. The van der Waals surface area contributed by atoms with E-state index >= 15 is 0 Å². The highest BCUT2D eigenvalue weighted by atomic mass is 32.1. The second-order valence-electron chi connectivity index (χ2n) is 12.1. The van der Waals surface area contributed by atoms with Gasteiger partial charge in [0.25, 0.3) is 0 Å². The number of aromatic nitrogens is 1. The van der Waals surface area contributed by atoms with Crippen molar-refractivity contribution >= 4 is 53.7 Å². The van der Waals surface area contributed by atoms with Crippen molar-refractivity contribution in [2.75, 3.05) is 17.7 Å². The van der Waals surface area contributed by atoms with Gasteiger partial charge in [0.1, 0.15) is 19.6 Å². The fraction of sp³-hybridized carbons (Fsp3) is 0.250. The Balaban J connectivity index is 0.000000223. The predicted octanol–water partition coefficient (Wildman–Crippen LogP) is 5.25. The number of aliphatic hydroxyl groups excluding tert-OH is 1. The van der Waals surface area contributed by atoms with Gasteiger partial charge >= 0.3 is 0 Å². The number of rotatable bonds is 8. The molecule has 1 atom stereocenters. The number of ketones is 1. The van der Waals surface area contributed by atoms with Gasteiger partial charge in [0.2, 0.25) is 0 Å². The Hall–Kier alpha value is -4.11. The van der Waals surface area contributed by atoms with Crippen LogP contribution < -0.4 is 26.7 Å². The molecule has 5 N–H and O–H groups in total. The van der Waals surface area contributed by atoms with Gasteiger partial charge in [-0.3, -0.25) is 4.79 Å². The van der Waals surface area contributed by atoms with Crippen molar-refractivity contribution in [3.63, 3.8) is 0 Å². The lowest BCUT2D eigenvalue weighted by Gasteiger charge is -2.30. The number of hydrogen-bond donors (Lipinski definition) is 4. The largest absolute Gasteiger partial charge is 0.396 e. The van der Waals surface area contributed by atoms with Crippen LogP contribution >= 0.6 is 12.2 Å². The van der Waals surface area contributed by atoms with E-state index in [2.05, 4.69) is 97.1 Å². The summed E-state index contributed by atoms with van der Waals surface area (Å²) in [5, 5.41) is 19.4. The van der Waals surface area contributed by atoms with Crippen LogP contribution in [0.1, 0.15) is 39.2 Å². The fourth-order valence-corrected chi connectivity index (χ4v) is 9.51. The number of benzene rings is 3. The number of aliphatic hydroxyl groups is 1. The van der Waals surface area contributed by atoms with Crippen LogP contribution in [0, 0.1) is 5.92 Å². The summed E-state index contributed by atoms with van der Waals surface area (Å²) in [6.07, 6.45) is 2.50. The second kappa shape index (κ2) is 15.6. The lowest BCUT2D eigenvalue weighted by Crippen LogP contribution is -2.48. The van der Waals surface area contributed by atoms with Crippen LogP contribution in [0.25, 0.3) is 0 Å². The van der Waals surface area contributed by atoms with Crippen LogP contribution in [0.3, 0.4) is 0 Å². The molecule has 4 aromatic rings. The Morgan fingerprint density at radius 3 is 2.02 bits per heavy atom. The number of allylic oxidation sites excluding steroid dienone is 1. The van der Waals surface area contributed by atoms with E-state index in [1.165, 1.54) is 10.4 Å². The monoisotopic (exact) mass is 622 g/mol. The van der Waals surface area contributed by atoms with Gasteiger partial charge in [0.05, 0.1) is 5.57 Å². The molecular weight excluding hydrogens is 581 g/mol. The second-order valence-corrected chi connectivity index (χ2v) is 16.5. The van der Waals surface area contributed by atoms with E-state index in [0.717, 1.165) is 16.9 Å². The molecule has 1 aliphatic carbocycles. The first-order valence-electron chi connectivity index (χ1n) is 14.9. The molecule has 3 aromatic carbocycles. The van der Waals surface area contributed by atoms with Crippen LogP contribution in [-0.4, -0.2) is 36.3 Å². The summed E-state index contributed by atoms with van der Waals surface area (Å²) in [4.78, 5) is 17.1. The molecular formula is C36H42N4O2SSi. The number of Topliss-reactive ketones (excluding diaryl/α,β-unsaturated/α-hetero) is 1. The summed E-state index contributed by atoms with van der Waals surface area (Å²) in [6, 6.07) is 35.1. The van der Waals surface area contributed by atoms with Gasteiger partial charge in [-0.05, 0) is 47.2 Å². The Kier molecular flexibility index (Phi) is 11.6. The van der Waals surface area contributed by atoms with Gasteiger partial charge in [-0.25, -0.2) is 4.98 Å². The molecule has 0 saturated heterocycles. The molecule has 0 radical (unpaired) electrons. The van der Waals surface area contributed by atoms with Crippen molar-refractivity contribution in [3.8, 4) is 0 Å². The molecule has 44 heavy (non-hydrogen) atoms. The van der Waals surface area contributed by atoms with E-state index in [4.69, 9.17) is 18.0 Å². The van der Waals surface area contributed by atoms with E-state index in [9.17, 15) is 9.90 Å². The summed E-state index contributed by atoms with van der Waals surface area (Å²) >= 11 is 5.51. The molecule has 1 heterocycles. The Labute approximate surface area is 268 Å².